The van der Waals surface area contributed by atoms with Gasteiger partial charge in [0.05, 0.1) is 21.4 Å². The molecule has 7 heteroatoms. The van der Waals surface area contributed by atoms with Crippen LogP contribution in [0.1, 0.15) is 21.6 Å². The lowest BCUT2D eigenvalue weighted by atomic mass is 10.1. The molecule has 0 bridgehead atoms. The molecule has 0 saturated heterocycles. The Balaban J connectivity index is 1.79. The van der Waals surface area contributed by atoms with Crippen molar-refractivity contribution in [3.63, 3.8) is 0 Å². The number of carbonyl (C=O) groups excluding carboxylic acids is 1. The van der Waals surface area contributed by atoms with Crippen LogP contribution in [0.2, 0.25) is 10.0 Å². The van der Waals surface area contributed by atoms with Crippen molar-refractivity contribution in [1.82, 2.24) is 14.3 Å². The van der Waals surface area contributed by atoms with Gasteiger partial charge in [0.25, 0.3) is 5.91 Å². The second-order valence-electron chi connectivity index (χ2n) is 7.18. The highest BCUT2D eigenvalue weighted by Gasteiger charge is 2.19. The molecule has 0 unspecified atom stereocenters. The number of anilines is 1. The molecule has 0 saturated carbocycles. The molecule has 1 amide bonds. The average molecular weight is 439 g/mol. The Labute approximate surface area is 184 Å². The molecule has 152 valence electrons. The summed E-state index contributed by atoms with van der Waals surface area (Å²) in [4.78, 5) is 13.2. The Kier molecular flexibility index (Phi) is 5.41. The highest BCUT2D eigenvalue weighted by Crippen LogP contribution is 2.27. The van der Waals surface area contributed by atoms with Crippen molar-refractivity contribution >= 4 is 34.8 Å². The summed E-state index contributed by atoms with van der Waals surface area (Å²) in [6.07, 6.45) is 1.93. The summed E-state index contributed by atoms with van der Waals surface area (Å²) in [7, 11) is 1.93. The third-order valence-electron chi connectivity index (χ3n) is 5.06. The lowest BCUT2D eigenvalue weighted by molar-refractivity contribution is 0.101. The second kappa shape index (κ2) is 8.01. The number of hydrogen-bond acceptors (Lipinski definition) is 2. The summed E-state index contributed by atoms with van der Waals surface area (Å²) in [6, 6.07) is 16.6. The van der Waals surface area contributed by atoms with Crippen LogP contribution in [0.25, 0.3) is 17.1 Å². The molecule has 5 nitrogen and oxygen atoms in total. The SMILES string of the molecule is Cc1ccc(NC(=O)c2cc(-c3cccn3C)nn2-c2ccc(Cl)c(Cl)c2)cc1C. The van der Waals surface area contributed by atoms with Crippen LogP contribution in [0.4, 0.5) is 5.69 Å². The first-order chi connectivity index (χ1) is 14.3. The van der Waals surface area contributed by atoms with Gasteiger partial charge in [-0.05, 0) is 73.5 Å². The molecule has 2 aromatic heterocycles. The van der Waals surface area contributed by atoms with E-state index >= 15 is 0 Å². The second-order valence-corrected chi connectivity index (χ2v) is 8.00. The van der Waals surface area contributed by atoms with E-state index in [-0.39, 0.29) is 5.91 Å². The molecule has 2 aromatic carbocycles. The first-order valence-corrected chi connectivity index (χ1v) is 10.1. The number of amides is 1. The van der Waals surface area contributed by atoms with E-state index in [9.17, 15) is 4.79 Å². The van der Waals surface area contributed by atoms with Crippen molar-refractivity contribution in [3.05, 3.63) is 87.7 Å². The van der Waals surface area contributed by atoms with Crippen LogP contribution < -0.4 is 5.32 Å². The number of aryl methyl sites for hydroxylation is 3. The van der Waals surface area contributed by atoms with Gasteiger partial charge < -0.3 is 9.88 Å². The van der Waals surface area contributed by atoms with Gasteiger partial charge in [0.1, 0.15) is 11.4 Å². The number of hydrogen-bond donors (Lipinski definition) is 1. The minimum atomic E-state index is -0.266. The van der Waals surface area contributed by atoms with Gasteiger partial charge in [-0.1, -0.05) is 29.3 Å². The van der Waals surface area contributed by atoms with Crippen LogP contribution in [0.15, 0.2) is 60.8 Å². The maximum Gasteiger partial charge on any atom is 0.274 e. The zero-order valence-corrected chi connectivity index (χ0v) is 18.3. The molecule has 0 atom stereocenters. The average Bonchev–Trinajstić information content (AvgIpc) is 3.33. The van der Waals surface area contributed by atoms with Gasteiger partial charge in [-0.3, -0.25) is 4.79 Å². The Morgan fingerprint density at radius 1 is 0.967 bits per heavy atom. The third-order valence-corrected chi connectivity index (χ3v) is 5.80. The topological polar surface area (TPSA) is 51.9 Å². The molecule has 0 aliphatic carbocycles. The van der Waals surface area contributed by atoms with Crippen LogP contribution in [0, 0.1) is 13.8 Å². The summed E-state index contributed by atoms with van der Waals surface area (Å²) < 4.78 is 3.54. The number of benzene rings is 2. The Morgan fingerprint density at radius 3 is 2.43 bits per heavy atom. The summed E-state index contributed by atoms with van der Waals surface area (Å²) in [5, 5.41) is 8.49. The Morgan fingerprint density at radius 2 is 1.77 bits per heavy atom. The summed E-state index contributed by atoms with van der Waals surface area (Å²) in [5.74, 6) is -0.266. The summed E-state index contributed by atoms with van der Waals surface area (Å²) in [5.41, 5.74) is 5.62. The molecular formula is C23H20Cl2N4O. The Bertz CT molecular complexity index is 1260. The highest BCUT2D eigenvalue weighted by molar-refractivity contribution is 6.42. The molecular weight excluding hydrogens is 419 g/mol. The van der Waals surface area contributed by atoms with Crippen molar-refractivity contribution in [2.75, 3.05) is 5.32 Å². The van der Waals surface area contributed by atoms with Crippen LogP contribution >= 0.6 is 23.2 Å². The largest absolute Gasteiger partial charge is 0.349 e. The van der Waals surface area contributed by atoms with E-state index in [1.165, 1.54) is 5.56 Å². The molecule has 30 heavy (non-hydrogen) atoms. The molecule has 4 aromatic rings. The van der Waals surface area contributed by atoms with Gasteiger partial charge in [0.2, 0.25) is 0 Å². The minimum Gasteiger partial charge on any atom is -0.349 e. The molecule has 0 fully saturated rings. The van der Waals surface area contributed by atoms with Gasteiger partial charge in [0.15, 0.2) is 0 Å². The predicted molar refractivity (Wildman–Crippen MR) is 122 cm³/mol. The van der Waals surface area contributed by atoms with E-state index in [4.69, 9.17) is 23.2 Å². The zero-order chi connectivity index (χ0) is 21.4. The van der Waals surface area contributed by atoms with Crippen molar-refractivity contribution < 1.29 is 4.79 Å². The molecule has 4 rings (SSSR count). The molecule has 0 aliphatic rings. The van der Waals surface area contributed by atoms with Crippen LogP contribution in [0.3, 0.4) is 0 Å². The maximum absolute atomic E-state index is 13.2. The van der Waals surface area contributed by atoms with Crippen molar-refractivity contribution in [1.29, 1.82) is 0 Å². The standard InChI is InChI=1S/C23H20Cl2N4O/c1-14-6-7-16(11-15(14)2)26-23(30)22-13-20(21-5-4-10-28(21)3)27-29(22)17-8-9-18(24)19(25)12-17/h4-13H,1-3H3,(H,26,30). The van der Waals surface area contributed by atoms with Crippen molar-refractivity contribution in [2.45, 2.75) is 13.8 Å². The molecule has 1 N–H and O–H groups in total. The van der Waals surface area contributed by atoms with Crippen molar-refractivity contribution in [3.8, 4) is 17.1 Å². The van der Waals surface area contributed by atoms with Gasteiger partial charge in [-0.2, -0.15) is 5.10 Å². The number of nitrogens with zero attached hydrogens (tertiary/aromatic N) is 3. The van der Waals surface area contributed by atoms with E-state index in [0.29, 0.717) is 27.1 Å². The van der Waals surface area contributed by atoms with Gasteiger partial charge in [0, 0.05) is 18.9 Å². The fraction of sp³-hybridized carbons (Fsp3) is 0.130. The van der Waals surface area contributed by atoms with Gasteiger partial charge in [-0.15, -0.1) is 0 Å². The Hall–Kier alpha value is -3.02. The first-order valence-electron chi connectivity index (χ1n) is 9.39. The molecule has 0 spiro atoms. The summed E-state index contributed by atoms with van der Waals surface area (Å²) in [6.45, 7) is 4.05. The van der Waals surface area contributed by atoms with E-state index < -0.39 is 0 Å². The monoisotopic (exact) mass is 438 g/mol. The first kappa shape index (κ1) is 20.3. The minimum absolute atomic E-state index is 0.266. The van der Waals surface area contributed by atoms with E-state index in [1.807, 2.05) is 62.0 Å². The number of aromatic nitrogens is 3. The highest BCUT2D eigenvalue weighted by atomic mass is 35.5. The lowest BCUT2D eigenvalue weighted by Crippen LogP contribution is -2.17. The number of nitrogens with one attached hydrogen (secondary N) is 1. The fourth-order valence-corrected chi connectivity index (χ4v) is 3.52. The number of rotatable bonds is 4. The fourth-order valence-electron chi connectivity index (χ4n) is 3.22. The van der Waals surface area contributed by atoms with Crippen molar-refractivity contribution in [2.24, 2.45) is 7.05 Å². The predicted octanol–water partition coefficient (Wildman–Crippen LogP) is 6.05. The maximum atomic E-state index is 13.2. The quantitative estimate of drug-likeness (QED) is 0.421. The molecule has 0 aliphatic heterocycles. The summed E-state index contributed by atoms with van der Waals surface area (Å²) >= 11 is 12.3. The van der Waals surface area contributed by atoms with E-state index in [1.54, 1.807) is 28.9 Å². The van der Waals surface area contributed by atoms with Gasteiger partial charge >= 0.3 is 0 Å². The smallest absolute Gasteiger partial charge is 0.274 e. The molecule has 2 heterocycles. The van der Waals surface area contributed by atoms with Gasteiger partial charge in [-0.25, -0.2) is 4.68 Å². The zero-order valence-electron chi connectivity index (χ0n) is 16.8. The molecule has 0 radical (unpaired) electrons. The number of carbonyl (C=O) groups is 1. The van der Waals surface area contributed by atoms with Crippen LogP contribution in [-0.4, -0.2) is 20.3 Å². The normalized spacial score (nSPS) is 11.0. The van der Waals surface area contributed by atoms with E-state index in [0.717, 1.165) is 16.9 Å². The van der Waals surface area contributed by atoms with Crippen LogP contribution in [-0.2, 0) is 7.05 Å². The third kappa shape index (κ3) is 3.86. The number of halogens is 2. The van der Waals surface area contributed by atoms with Crippen LogP contribution in [0.5, 0.6) is 0 Å². The van der Waals surface area contributed by atoms with E-state index in [2.05, 4.69) is 10.4 Å². The lowest BCUT2D eigenvalue weighted by Gasteiger charge is -2.10.